The van der Waals surface area contributed by atoms with Gasteiger partial charge in [-0.05, 0) is 35.9 Å². The van der Waals surface area contributed by atoms with Gasteiger partial charge in [-0.2, -0.15) is 0 Å². The fraction of sp³-hybridized carbons (Fsp3) is 0.0400. The highest BCUT2D eigenvalue weighted by molar-refractivity contribution is 6.23. The van der Waals surface area contributed by atoms with Crippen molar-refractivity contribution in [1.82, 2.24) is 10.4 Å². The quantitative estimate of drug-likeness (QED) is 0.357. The van der Waals surface area contributed by atoms with Gasteiger partial charge in [0.25, 0.3) is 11.8 Å². The van der Waals surface area contributed by atoms with Crippen molar-refractivity contribution < 1.29 is 19.5 Å². The number of carbonyl (C=O) groups is 3. The van der Waals surface area contributed by atoms with E-state index in [1.54, 1.807) is 42.5 Å². The van der Waals surface area contributed by atoms with Gasteiger partial charge >= 0.3 is 0 Å². The van der Waals surface area contributed by atoms with Crippen molar-refractivity contribution in [1.29, 1.82) is 5.41 Å². The van der Waals surface area contributed by atoms with Crippen molar-refractivity contribution in [3.63, 3.8) is 0 Å². The van der Waals surface area contributed by atoms with Crippen LogP contribution in [0.5, 0.6) is 0 Å². The molecule has 8 heteroatoms. The molecular formula is C25H20N4O4. The molecule has 0 aromatic heterocycles. The van der Waals surface area contributed by atoms with E-state index < -0.39 is 34.8 Å². The zero-order valence-corrected chi connectivity index (χ0v) is 17.6. The molecule has 3 aromatic rings. The Labute approximate surface area is 189 Å². The van der Waals surface area contributed by atoms with Gasteiger partial charge in [-0.25, -0.2) is 5.01 Å². The monoisotopic (exact) mass is 440 g/mol. The van der Waals surface area contributed by atoms with Gasteiger partial charge in [0.05, 0.1) is 0 Å². The van der Waals surface area contributed by atoms with Crippen molar-refractivity contribution in [2.75, 3.05) is 0 Å². The van der Waals surface area contributed by atoms with Crippen LogP contribution in [0.4, 0.5) is 0 Å². The van der Waals surface area contributed by atoms with Crippen LogP contribution in [-0.4, -0.2) is 33.5 Å². The Morgan fingerprint density at radius 2 is 1.61 bits per heavy atom. The number of benzene rings is 3. The number of hydrazine groups is 1. The largest absolute Gasteiger partial charge is 0.505 e. The molecule has 5 N–H and O–H groups in total. The van der Waals surface area contributed by atoms with Gasteiger partial charge < -0.3 is 10.8 Å². The van der Waals surface area contributed by atoms with Crippen LogP contribution in [0.1, 0.15) is 26.3 Å². The average molecular weight is 440 g/mol. The third-order valence-electron chi connectivity index (χ3n) is 5.26. The summed E-state index contributed by atoms with van der Waals surface area (Å²) < 4.78 is 0. The number of nitrogens with one attached hydrogen (secondary N) is 2. The molecule has 1 aliphatic rings. The Morgan fingerprint density at radius 3 is 2.27 bits per heavy atom. The molecule has 1 heterocycles. The number of nitrogens with zero attached hydrogens (tertiary/aromatic N) is 1. The number of hydrogen-bond acceptors (Lipinski definition) is 5. The van der Waals surface area contributed by atoms with Gasteiger partial charge in [0.15, 0.2) is 17.4 Å². The molecule has 0 saturated heterocycles. The minimum atomic E-state index is -1.06. The Bertz CT molecular complexity index is 1390. The van der Waals surface area contributed by atoms with E-state index in [1.807, 2.05) is 31.2 Å². The first-order valence-electron chi connectivity index (χ1n) is 10.0. The van der Waals surface area contributed by atoms with Gasteiger partial charge in [-0.15, -0.1) is 0 Å². The van der Waals surface area contributed by atoms with Crippen LogP contribution >= 0.6 is 0 Å². The zero-order chi connectivity index (χ0) is 23.7. The number of primary amides is 1. The Balaban J connectivity index is 1.70. The zero-order valence-electron chi connectivity index (χ0n) is 17.6. The van der Waals surface area contributed by atoms with Crippen molar-refractivity contribution in [2.45, 2.75) is 6.92 Å². The molecule has 0 saturated carbocycles. The molecule has 0 bridgehead atoms. The van der Waals surface area contributed by atoms with Gasteiger partial charge in [0, 0.05) is 17.2 Å². The molecule has 0 atom stereocenters. The summed E-state index contributed by atoms with van der Waals surface area (Å²) in [7, 11) is 0. The first-order valence-corrected chi connectivity index (χ1v) is 10.0. The summed E-state index contributed by atoms with van der Waals surface area (Å²) in [6.07, 6.45) is 1.05. The molecule has 1 aliphatic heterocycles. The number of carbonyl (C=O) groups excluding carboxylic acids is 3. The summed E-state index contributed by atoms with van der Waals surface area (Å²) in [6, 6.07) is 19.3. The SMILES string of the molecule is Cc1ccc(C(=O)NN2C(=N)C(C(N)=O)=C(O)C2=CC(=O)c2ccc3ccccc3c2)cc1. The number of nitrogens with two attached hydrogens (primary N) is 1. The maximum Gasteiger partial charge on any atom is 0.270 e. The van der Waals surface area contributed by atoms with Crippen LogP contribution in [0.25, 0.3) is 10.8 Å². The van der Waals surface area contributed by atoms with E-state index in [2.05, 4.69) is 5.43 Å². The van der Waals surface area contributed by atoms with Crippen LogP contribution in [0.15, 0.2) is 89.8 Å². The third kappa shape index (κ3) is 4.09. The molecule has 33 heavy (non-hydrogen) atoms. The van der Waals surface area contributed by atoms with Gasteiger partial charge in [-0.3, -0.25) is 25.2 Å². The first-order chi connectivity index (χ1) is 15.8. The highest BCUT2D eigenvalue weighted by Gasteiger charge is 2.37. The first kappa shape index (κ1) is 21.5. The lowest BCUT2D eigenvalue weighted by molar-refractivity contribution is -0.114. The second-order valence-electron chi connectivity index (χ2n) is 7.53. The minimum Gasteiger partial charge on any atom is -0.505 e. The highest BCUT2D eigenvalue weighted by Crippen LogP contribution is 2.27. The lowest BCUT2D eigenvalue weighted by Crippen LogP contribution is -2.44. The van der Waals surface area contributed by atoms with E-state index in [4.69, 9.17) is 11.1 Å². The second kappa shape index (κ2) is 8.43. The average Bonchev–Trinajstić information content (AvgIpc) is 3.03. The second-order valence-corrected chi connectivity index (χ2v) is 7.53. The number of aliphatic hydroxyl groups excluding tert-OH is 1. The van der Waals surface area contributed by atoms with Crippen molar-refractivity contribution in [3.8, 4) is 0 Å². The van der Waals surface area contributed by atoms with E-state index in [0.29, 0.717) is 11.1 Å². The predicted octanol–water partition coefficient (Wildman–Crippen LogP) is 3.15. The van der Waals surface area contributed by atoms with E-state index in [-0.39, 0.29) is 5.70 Å². The maximum absolute atomic E-state index is 13.0. The van der Waals surface area contributed by atoms with E-state index in [1.165, 1.54) is 0 Å². The number of aliphatic hydroxyl groups is 1. The molecule has 0 radical (unpaired) electrons. The molecule has 0 unspecified atom stereocenters. The van der Waals surface area contributed by atoms with Crippen molar-refractivity contribution in [2.24, 2.45) is 5.73 Å². The normalized spacial score (nSPS) is 14.8. The summed E-state index contributed by atoms with van der Waals surface area (Å²) in [5, 5.41) is 21.5. The molecule has 8 nitrogen and oxygen atoms in total. The number of amides is 2. The summed E-state index contributed by atoms with van der Waals surface area (Å²) in [5.41, 5.74) is 8.62. The van der Waals surface area contributed by atoms with E-state index in [9.17, 15) is 19.5 Å². The number of ketones is 1. The molecule has 3 aromatic carbocycles. The Kier molecular flexibility index (Phi) is 5.49. The van der Waals surface area contributed by atoms with Crippen molar-refractivity contribution >= 4 is 34.2 Å². The molecule has 0 fully saturated rings. The van der Waals surface area contributed by atoms with Gasteiger partial charge in [0.1, 0.15) is 11.3 Å². The lowest BCUT2D eigenvalue weighted by Gasteiger charge is -2.21. The van der Waals surface area contributed by atoms with Crippen LogP contribution in [0.2, 0.25) is 0 Å². The third-order valence-corrected chi connectivity index (χ3v) is 5.26. The number of amidine groups is 1. The molecule has 0 aliphatic carbocycles. The fourth-order valence-electron chi connectivity index (χ4n) is 3.48. The molecule has 0 spiro atoms. The number of aryl methyl sites for hydroxylation is 1. The number of allylic oxidation sites excluding steroid dienone is 1. The Morgan fingerprint density at radius 1 is 0.970 bits per heavy atom. The van der Waals surface area contributed by atoms with E-state index >= 15 is 0 Å². The summed E-state index contributed by atoms with van der Waals surface area (Å²) >= 11 is 0. The van der Waals surface area contributed by atoms with Crippen LogP contribution in [-0.2, 0) is 4.79 Å². The minimum absolute atomic E-state index is 0.229. The molecule has 4 rings (SSSR count). The summed E-state index contributed by atoms with van der Waals surface area (Å²) in [4.78, 5) is 37.5. The maximum atomic E-state index is 13.0. The van der Waals surface area contributed by atoms with E-state index in [0.717, 1.165) is 27.4 Å². The summed E-state index contributed by atoms with van der Waals surface area (Å²) in [6.45, 7) is 1.87. The molecular weight excluding hydrogens is 420 g/mol. The number of hydrogen-bond donors (Lipinski definition) is 4. The van der Waals surface area contributed by atoms with Crippen molar-refractivity contribution in [3.05, 3.63) is 107 Å². The fourth-order valence-corrected chi connectivity index (χ4v) is 3.48. The van der Waals surface area contributed by atoms with Crippen LogP contribution < -0.4 is 11.2 Å². The highest BCUT2D eigenvalue weighted by atomic mass is 16.3. The number of rotatable bonds is 5. The number of fused-ring (bicyclic) bond motifs is 1. The molecule has 2 amide bonds. The predicted molar refractivity (Wildman–Crippen MR) is 123 cm³/mol. The van der Waals surface area contributed by atoms with Gasteiger partial charge in [0.2, 0.25) is 0 Å². The molecule has 164 valence electrons. The van der Waals surface area contributed by atoms with Crippen LogP contribution in [0, 0.1) is 12.3 Å². The topological polar surface area (TPSA) is 137 Å². The summed E-state index contributed by atoms with van der Waals surface area (Å²) in [5.74, 6) is -3.35. The smallest absolute Gasteiger partial charge is 0.270 e. The van der Waals surface area contributed by atoms with Gasteiger partial charge in [-0.1, -0.05) is 54.1 Å². The Hall–Kier alpha value is -4.72. The van der Waals surface area contributed by atoms with Crippen LogP contribution in [0.3, 0.4) is 0 Å². The lowest BCUT2D eigenvalue weighted by atomic mass is 10.0. The standard InChI is InChI=1S/C25H20N4O4/c1-14-6-8-16(9-7-14)25(33)28-29-19(22(31)21(23(29)26)24(27)32)13-20(30)18-11-10-15-4-2-3-5-17(15)12-18/h2-13,26,31H,1H3,(H2,27,32)(H,28,33).